The number of halogens is 1. The van der Waals surface area contributed by atoms with Crippen LogP contribution < -0.4 is 5.32 Å². The maximum Gasteiger partial charge on any atom is 0.270 e. The van der Waals surface area contributed by atoms with E-state index >= 15 is 0 Å². The number of nitrogens with one attached hydrogen (secondary N) is 1. The topological polar surface area (TPSA) is 46.9 Å². The molecule has 0 spiro atoms. The Bertz CT molecular complexity index is 828. The number of thioether (sulfide) groups is 1. The monoisotopic (exact) mass is 361 g/mol. The lowest BCUT2D eigenvalue weighted by Gasteiger charge is -2.14. The maximum atomic E-state index is 13.2. The van der Waals surface area contributed by atoms with Gasteiger partial charge in [-0.3, -0.25) is 9.36 Å². The number of benzene rings is 1. The molecular formula is C17H16FN3OS2. The third-order valence-electron chi connectivity index (χ3n) is 3.55. The van der Waals surface area contributed by atoms with Crippen LogP contribution in [0.3, 0.4) is 0 Å². The zero-order valence-corrected chi connectivity index (χ0v) is 14.8. The summed E-state index contributed by atoms with van der Waals surface area (Å²) in [5.74, 6) is -0.532. The van der Waals surface area contributed by atoms with E-state index in [1.165, 1.54) is 23.9 Å². The largest absolute Gasteiger partial charge is 0.343 e. The molecule has 2 aromatic heterocycles. The van der Waals surface area contributed by atoms with Crippen LogP contribution in [0.5, 0.6) is 0 Å². The maximum absolute atomic E-state index is 13.2. The van der Waals surface area contributed by atoms with E-state index in [1.807, 2.05) is 30.7 Å². The first kappa shape index (κ1) is 16.7. The van der Waals surface area contributed by atoms with Gasteiger partial charge in [0.05, 0.1) is 12.2 Å². The van der Waals surface area contributed by atoms with E-state index in [1.54, 1.807) is 34.2 Å². The number of imidazole rings is 1. The van der Waals surface area contributed by atoms with Crippen molar-refractivity contribution < 1.29 is 9.18 Å². The second kappa shape index (κ2) is 7.19. The predicted octanol–water partition coefficient (Wildman–Crippen LogP) is 4.29. The van der Waals surface area contributed by atoms with Crippen molar-refractivity contribution in [2.24, 2.45) is 0 Å². The molecule has 0 fully saturated rings. The summed E-state index contributed by atoms with van der Waals surface area (Å²) in [6.07, 6.45) is 3.43. The van der Waals surface area contributed by atoms with Crippen LogP contribution in [0, 0.1) is 5.82 Å². The van der Waals surface area contributed by atoms with Crippen LogP contribution in [0.25, 0.3) is 5.69 Å². The van der Waals surface area contributed by atoms with E-state index in [-0.39, 0.29) is 17.8 Å². The van der Waals surface area contributed by atoms with Crippen LogP contribution >= 0.6 is 23.1 Å². The number of amides is 1. The van der Waals surface area contributed by atoms with E-state index in [9.17, 15) is 9.18 Å². The molecule has 1 atom stereocenters. The zero-order valence-electron chi connectivity index (χ0n) is 13.2. The molecule has 3 rings (SSSR count). The molecule has 0 aliphatic rings. The van der Waals surface area contributed by atoms with Gasteiger partial charge in [-0.05, 0) is 48.9 Å². The summed E-state index contributed by atoms with van der Waals surface area (Å²) in [6, 6.07) is 9.86. The lowest BCUT2D eigenvalue weighted by molar-refractivity contribution is 0.0933. The summed E-state index contributed by atoms with van der Waals surface area (Å²) in [5.41, 5.74) is 1.13. The van der Waals surface area contributed by atoms with Crippen LogP contribution in [0.15, 0.2) is 53.1 Å². The van der Waals surface area contributed by atoms with E-state index in [0.29, 0.717) is 16.5 Å². The van der Waals surface area contributed by atoms with Crippen LogP contribution in [0.1, 0.15) is 28.3 Å². The van der Waals surface area contributed by atoms with Gasteiger partial charge in [0.25, 0.3) is 5.91 Å². The number of hydrogen-bond donors (Lipinski definition) is 1. The summed E-state index contributed by atoms with van der Waals surface area (Å²) in [4.78, 5) is 18.1. The predicted molar refractivity (Wildman–Crippen MR) is 95.5 cm³/mol. The molecule has 4 nitrogen and oxygen atoms in total. The lowest BCUT2D eigenvalue weighted by atomic mass is 10.2. The molecule has 0 bridgehead atoms. The molecule has 24 heavy (non-hydrogen) atoms. The first-order chi connectivity index (χ1) is 11.6. The zero-order chi connectivity index (χ0) is 17.1. The number of rotatable bonds is 5. The second-order valence-corrected chi connectivity index (χ2v) is 6.91. The molecule has 0 aliphatic carbocycles. The number of aromatic nitrogens is 2. The summed E-state index contributed by atoms with van der Waals surface area (Å²) in [5, 5.41) is 5.64. The number of carbonyl (C=O) groups excluding carboxylic acids is 1. The Morgan fingerprint density at radius 1 is 1.33 bits per heavy atom. The van der Waals surface area contributed by atoms with E-state index in [0.717, 1.165) is 4.88 Å². The summed E-state index contributed by atoms with van der Waals surface area (Å²) < 4.78 is 14.9. The van der Waals surface area contributed by atoms with Crippen molar-refractivity contribution in [1.29, 1.82) is 0 Å². The SMILES string of the molecule is CSc1ncc(C(=O)N[C@@H](C)c2cccs2)n1-c1ccc(F)cc1. The molecule has 0 saturated carbocycles. The quantitative estimate of drug-likeness (QED) is 0.690. The highest BCUT2D eigenvalue weighted by molar-refractivity contribution is 7.98. The van der Waals surface area contributed by atoms with Crippen LogP contribution in [-0.2, 0) is 0 Å². The van der Waals surface area contributed by atoms with Crippen molar-refractivity contribution >= 4 is 29.0 Å². The molecular weight excluding hydrogens is 345 g/mol. The van der Waals surface area contributed by atoms with Gasteiger partial charge < -0.3 is 5.32 Å². The first-order valence-corrected chi connectivity index (χ1v) is 9.42. The Morgan fingerprint density at radius 3 is 2.71 bits per heavy atom. The molecule has 0 unspecified atom stereocenters. The van der Waals surface area contributed by atoms with Gasteiger partial charge in [0.1, 0.15) is 11.5 Å². The van der Waals surface area contributed by atoms with Crippen molar-refractivity contribution in [1.82, 2.24) is 14.9 Å². The molecule has 0 radical (unpaired) electrons. The lowest BCUT2D eigenvalue weighted by Crippen LogP contribution is -2.28. The highest BCUT2D eigenvalue weighted by Crippen LogP contribution is 2.23. The molecule has 1 aromatic carbocycles. The molecule has 2 heterocycles. The van der Waals surface area contributed by atoms with Gasteiger partial charge in [-0.25, -0.2) is 9.37 Å². The van der Waals surface area contributed by atoms with E-state index in [2.05, 4.69) is 10.3 Å². The van der Waals surface area contributed by atoms with Gasteiger partial charge in [0, 0.05) is 10.6 Å². The minimum absolute atomic E-state index is 0.0909. The van der Waals surface area contributed by atoms with Gasteiger partial charge in [-0.1, -0.05) is 17.8 Å². The highest BCUT2D eigenvalue weighted by Gasteiger charge is 2.20. The Morgan fingerprint density at radius 2 is 2.08 bits per heavy atom. The van der Waals surface area contributed by atoms with Crippen molar-refractivity contribution in [2.45, 2.75) is 18.1 Å². The first-order valence-electron chi connectivity index (χ1n) is 7.32. The Balaban J connectivity index is 1.92. The van der Waals surface area contributed by atoms with Crippen LogP contribution in [0.4, 0.5) is 4.39 Å². The third-order valence-corrected chi connectivity index (χ3v) is 5.26. The van der Waals surface area contributed by atoms with Crippen molar-refractivity contribution in [2.75, 3.05) is 6.26 Å². The van der Waals surface area contributed by atoms with Gasteiger partial charge >= 0.3 is 0 Å². The van der Waals surface area contributed by atoms with E-state index in [4.69, 9.17) is 0 Å². The fourth-order valence-corrected chi connectivity index (χ4v) is 3.64. The average Bonchev–Trinajstić information content (AvgIpc) is 3.25. The molecule has 1 amide bonds. The van der Waals surface area contributed by atoms with E-state index < -0.39 is 0 Å². The van der Waals surface area contributed by atoms with Gasteiger partial charge in [-0.15, -0.1) is 11.3 Å². The fraction of sp³-hybridized carbons (Fsp3) is 0.176. The smallest absolute Gasteiger partial charge is 0.270 e. The molecule has 7 heteroatoms. The summed E-state index contributed by atoms with van der Waals surface area (Å²) in [7, 11) is 0. The molecule has 1 N–H and O–H groups in total. The second-order valence-electron chi connectivity index (χ2n) is 5.15. The third kappa shape index (κ3) is 3.37. The highest BCUT2D eigenvalue weighted by atomic mass is 32.2. The van der Waals surface area contributed by atoms with Gasteiger partial charge in [0.15, 0.2) is 5.16 Å². The standard InChI is InChI=1S/C17H16FN3OS2/c1-11(15-4-3-9-24-15)20-16(22)14-10-19-17(23-2)21(14)13-7-5-12(18)6-8-13/h3-11H,1-2H3,(H,20,22)/t11-/m0/s1. The fourth-order valence-electron chi connectivity index (χ4n) is 2.36. The van der Waals surface area contributed by atoms with Crippen LogP contribution in [0.2, 0.25) is 0 Å². The Kier molecular flexibility index (Phi) is 5.01. The number of thiophene rings is 1. The minimum Gasteiger partial charge on any atom is -0.343 e. The molecule has 3 aromatic rings. The summed E-state index contributed by atoms with van der Waals surface area (Å²) in [6.45, 7) is 1.94. The van der Waals surface area contributed by atoms with Gasteiger partial charge in [-0.2, -0.15) is 0 Å². The van der Waals surface area contributed by atoms with Crippen LogP contribution in [-0.4, -0.2) is 21.7 Å². The number of carbonyl (C=O) groups is 1. The van der Waals surface area contributed by atoms with Gasteiger partial charge in [0.2, 0.25) is 0 Å². The molecule has 0 aliphatic heterocycles. The molecule has 124 valence electrons. The Hall–Kier alpha value is -2.12. The van der Waals surface area contributed by atoms with Crippen molar-refractivity contribution in [3.05, 3.63) is 64.4 Å². The number of nitrogens with zero attached hydrogens (tertiary/aromatic N) is 2. The number of hydrogen-bond acceptors (Lipinski definition) is 4. The summed E-state index contributed by atoms with van der Waals surface area (Å²) >= 11 is 3.03. The average molecular weight is 361 g/mol. The van der Waals surface area contributed by atoms with Crippen molar-refractivity contribution in [3.8, 4) is 5.69 Å². The normalized spacial score (nSPS) is 12.1. The van der Waals surface area contributed by atoms with Crippen molar-refractivity contribution in [3.63, 3.8) is 0 Å². The molecule has 0 saturated heterocycles. The minimum atomic E-state index is -0.318. The Labute approximate surface area is 147 Å².